The molecule has 0 saturated carbocycles. The molecule has 2 fully saturated rings. The minimum atomic E-state index is 0.238. The number of carbonyl (C=O) groups is 1. The van der Waals surface area contributed by atoms with Crippen LogP contribution >= 0.6 is 0 Å². The average molecular weight is 400 g/mol. The summed E-state index contributed by atoms with van der Waals surface area (Å²) in [6.07, 6.45) is 3.91. The van der Waals surface area contributed by atoms with Crippen molar-refractivity contribution in [2.45, 2.75) is 52.1 Å². The van der Waals surface area contributed by atoms with E-state index in [1.807, 2.05) is 11.9 Å². The first-order valence-corrected chi connectivity index (χ1v) is 11.1. The van der Waals surface area contributed by atoms with Crippen LogP contribution in [0.3, 0.4) is 0 Å². The third-order valence-corrected chi connectivity index (χ3v) is 6.05. The van der Waals surface area contributed by atoms with Gasteiger partial charge in [-0.1, -0.05) is 29.8 Å². The van der Waals surface area contributed by atoms with Crippen LogP contribution in [0.1, 0.15) is 43.7 Å². The van der Waals surface area contributed by atoms with Crippen molar-refractivity contribution in [3.05, 3.63) is 35.4 Å². The molecule has 3 rings (SSSR count). The topological polar surface area (TPSA) is 60.0 Å². The first kappa shape index (κ1) is 21.6. The number of piperidine rings is 2. The lowest BCUT2D eigenvalue weighted by Gasteiger charge is -2.32. The van der Waals surface area contributed by atoms with Crippen molar-refractivity contribution >= 4 is 11.9 Å². The number of hydrogen-bond acceptors (Lipinski definition) is 3. The highest BCUT2D eigenvalue weighted by Gasteiger charge is 2.24. The number of aryl methyl sites for hydroxylation is 1. The molecule has 2 aliphatic rings. The molecule has 0 bridgehead atoms. The standard InChI is InChI=1S/C23H37N5O/c1-4-24-23(26-21-9-10-22(29)27(3)17-21)25-15-19-11-13-28(14-12-19)16-20-7-5-18(2)6-8-20/h5-8,19,21H,4,9-17H2,1-3H3,(H2,24,25,26). The van der Waals surface area contributed by atoms with Gasteiger partial charge in [0.1, 0.15) is 0 Å². The summed E-state index contributed by atoms with van der Waals surface area (Å²) in [5.74, 6) is 1.78. The van der Waals surface area contributed by atoms with Crippen molar-refractivity contribution in [1.82, 2.24) is 20.4 Å². The van der Waals surface area contributed by atoms with Gasteiger partial charge in [0.2, 0.25) is 5.91 Å². The molecular weight excluding hydrogens is 362 g/mol. The highest BCUT2D eigenvalue weighted by atomic mass is 16.2. The fourth-order valence-corrected chi connectivity index (χ4v) is 4.14. The largest absolute Gasteiger partial charge is 0.357 e. The van der Waals surface area contributed by atoms with Crippen LogP contribution in [0.4, 0.5) is 0 Å². The molecule has 29 heavy (non-hydrogen) atoms. The van der Waals surface area contributed by atoms with Crippen LogP contribution in [0, 0.1) is 12.8 Å². The van der Waals surface area contributed by atoms with E-state index in [-0.39, 0.29) is 11.9 Å². The monoisotopic (exact) mass is 399 g/mol. The van der Waals surface area contributed by atoms with Gasteiger partial charge < -0.3 is 15.5 Å². The fourth-order valence-electron chi connectivity index (χ4n) is 4.14. The zero-order valence-corrected chi connectivity index (χ0v) is 18.3. The van der Waals surface area contributed by atoms with Gasteiger partial charge in [-0.05, 0) is 57.7 Å². The maximum absolute atomic E-state index is 11.7. The predicted molar refractivity (Wildman–Crippen MR) is 119 cm³/mol. The number of benzene rings is 1. The summed E-state index contributed by atoms with van der Waals surface area (Å²) in [6, 6.07) is 9.18. The third-order valence-electron chi connectivity index (χ3n) is 6.05. The molecule has 2 N–H and O–H groups in total. The van der Waals surface area contributed by atoms with Crippen molar-refractivity contribution in [1.29, 1.82) is 0 Å². The van der Waals surface area contributed by atoms with E-state index >= 15 is 0 Å². The van der Waals surface area contributed by atoms with E-state index in [9.17, 15) is 4.79 Å². The van der Waals surface area contributed by atoms with Crippen LogP contribution in [0.15, 0.2) is 29.3 Å². The molecule has 0 aromatic heterocycles. The Hall–Kier alpha value is -2.08. The summed E-state index contributed by atoms with van der Waals surface area (Å²) < 4.78 is 0. The number of hydrogen-bond donors (Lipinski definition) is 2. The van der Waals surface area contributed by atoms with Crippen LogP contribution < -0.4 is 10.6 Å². The number of nitrogens with one attached hydrogen (secondary N) is 2. The molecule has 1 amide bonds. The Bertz CT molecular complexity index is 679. The molecule has 0 radical (unpaired) electrons. The Morgan fingerprint density at radius 1 is 1.17 bits per heavy atom. The van der Waals surface area contributed by atoms with Gasteiger partial charge in [-0.15, -0.1) is 0 Å². The first-order valence-electron chi connectivity index (χ1n) is 11.1. The molecule has 6 nitrogen and oxygen atoms in total. The zero-order valence-electron chi connectivity index (χ0n) is 18.3. The van der Waals surface area contributed by atoms with Crippen LogP contribution in [0.2, 0.25) is 0 Å². The van der Waals surface area contributed by atoms with Crippen molar-refractivity contribution in [2.24, 2.45) is 10.9 Å². The fraction of sp³-hybridized carbons (Fsp3) is 0.652. The van der Waals surface area contributed by atoms with Gasteiger partial charge in [-0.25, -0.2) is 0 Å². The van der Waals surface area contributed by atoms with Crippen molar-refractivity contribution in [2.75, 3.05) is 39.8 Å². The van der Waals surface area contributed by atoms with Crippen LogP contribution in [0.25, 0.3) is 0 Å². The number of carbonyl (C=O) groups excluding carboxylic acids is 1. The van der Waals surface area contributed by atoms with Crippen LogP contribution in [-0.2, 0) is 11.3 Å². The normalized spacial score (nSPS) is 22.0. The van der Waals surface area contributed by atoms with Crippen molar-refractivity contribution < 1.29 is 4.79 Å². The number of amides is 1. The van der Waals surface area contributed by atoms with Crippen LogP contribution in [-0.4, -0.2) is 67.5 Å². The minimum absolute atomic E-state index is 0.238. The lowest BCUT2D eigenvalue weighted by molar-refractivity contribution is -0.132. The number of guanidine groups is 1. The summed E-state index contributed by atoms with van der Waals surface area (Å²) >= 11 is 0. The van der Waals surface area contributed by atoms with Gasteiger partial charge in [0.15, 0.2) is 5.96 Å². The van der Waals surface area contributed by atoms with E-state index in [1.54, 1.807) is 0 Å². The first-order chi connectivity index (χ1) is 14.0. The summed E-state index contributed by atoms with van der Waals surface area (Å²) in [7, 11) is 1.88. The number of likely N-dealkylation sites (tertiary alicyclic amines) is 2. The molecule has 1 aromatic rings. The molecule has 1 unspecified atom stereocenters. The van der Waals surface area contributed by atoms with E-state index in [4.69, 9.17) is 4.99 Å². The molecular formula is C23H37N5O. The van der Waals surface area contributed by atoms with E-state index in [0.29, 0.717) is 12.3 Å². The number of likely N-dealkylation sites (N-methyl/N-ethyl adjacent to an activating group) is 1. The van der Waals surface area contributed by atoms with Crippen molar-refractivity contribution in [3.63, 3.8) is 0 Å². The molecule has 2 saturated heterocycles. The van der Waals surface area contributed by atoms with E-state index in [2.05, 4.69) is 53.6 Å². The molecule has 6 heteroatoms. The maximum Gasteiger partial charge on any atom is 0.222 e. The quantitative estimate of drug-likeness (QED) is 0.570. The van der Waals surface area contributed by atoms with Gasteiger partial charge in [0, 0.05) is 45.7 Å². The Morgan fingerprint density at radius 2 is 1.90 bits per heavy atom. The second-order valence-electron chi connectivity index (χ2n) is 8.58. The molecule has 0 spiro atoms. The summed E-state index contributed by atoms with van der Waals surface area (Å²) in [5, 5.41) is 6.89. The maximum atomic E-state index is 11.7. The lowest BCUT2D eigenvalue weighted by Crippen LogP contribution is -2.51. The second-order valence-corrected chi connectivity index (χ2v) is 8.58. The SMILES string of the molecule is CCNC(=NCC1CCN(Cc2ccc(C)cc2)CC1)NC1CCC(=O)N(C)C1. The summed E-state index contributed by atoms with van der Waals surface area (Å²) in [6.45, 7) is 10.0. The average Bonchev–Trinajstić information content (AvgIpc) is 2.72. The van der Waals surface area contributed by atoms with Gasteiger partial charge >= 0.3 is 0 Å². The number of aliphatic imine (C=N–C) groups is 1. The van der Waals surface area contributed by atoms with Gasteiger partial charge in [0.25, 0.3) is 0 Å². The molecule has 160 valence electrons. The summed E-state index contributed by atoms with van der Waals surface area (Å²) in [4.78, 5) is 20.9. The Labute approximate surface area is 175 Å². The molecule has 1 atom stereocenters. The van der Waals surface area contributed by atoms with E-state index in [1.165, 1.54) is 24.0 Å². The molecule has 1 aromatic carbocycles. The zero-order chi connectivity index (χ0) is 20.6. The van der Waals surface area contributed by atoms with E-state index < -0.39 is 0 Å². The summed E-state index contributed by atoms with van der Waals surface area (Å²) in [5.41, 5.74) is 2.73. The molecule has 2 heterocycles. The van der Waals surface area contributed by atoms with Gasteiger partial charge in [0.05, 0.1) is 0 Å². The number of rotatable bonds is 6. The Morgan fingerprint density at radius 3 is 2.55 bits per heavy atom. The highest BCUT2D eigenvalue weighted by Crippen LogP contribution is 2.19. The third kappa shape index (κ3) is 6.74. The second kappa shape index (κ2) is 10.6. The number of nitrogens with zero attached hydrogens (tertiary/aromatic N) is 3. The highest BCUT2D eigenvalue weighted by molar-refractivity contribution is 5.81. The smallest absolute Gasteiger partial charge is 0.222 e. The van der Waals surface area contributed by atoms with Gasteiger partial charge in [-0.2, -0.15) is 0 Å². The van der Waals surface area contributed by atoms with Crippen LogP contribution in [0.5, 0.6) is 0 Å². The minimum Gasteiger partial charge on any atom is -0.357 e. The molecule has 0 aliphatic carbocycles. The molecule has 2 aliphatic heterocycles. The predicted octanol–water partition coefficient (Wildman–Crippen LogP) is 2.38. The van der Waals surface area contributed by atoms with Gasteiger partial charge in [-0.3, -0.25) is 14.7 Å². The Balaban J connectivity index is 1.44. The van der Waals surface area contributed by atoms with E-state index in [0.717, 1.165) is 51.6 Å². The lowest BCUT2D eigenvalue weighted by atomic mass is 9.96. The Kier molecular flexibility index (Phi) is 7.92. The van der Waals surface area contributed by atoms with Crippen molar-refractivity contribution in [3.8, 4) is 0 Å².